The van der Waals surface area contributed by atoms with Gasteiger partial charge in [-0.05, 0) is 61.6 Å². The van der Waals surface area contributed by atoms with E-state index in [0.717, 1.165) is 11.1 Å². The van der Waals surface area contributed by atoms with Crippen LogP contribution in [0.2, 0.25) is 5.02 Å². The summed E-state index contributed by atoms with van der Waals surface area (Å²) >= 11 is 11.5. The minimum atomic E-state index is -0.269. The fourth-order valence-electron chi connectivity index (χ4n) is 2.88. The molecule has 0 radical (unpaired) electrons. The molecule has 0 bridgehead atoms. The molecule has 0 aliphatic rings. The van der Waals surface area contributed by atoms with Crippen LogP contribution < -0.4 is 10.6 Å². The number of aromatic nitrogens is 1. The quantitative estimate of drug-likeness (QED) is 0.422. The van der Waals surface area contributed by atoms with Gasteiger partial charge in [0, 0.05) is 11.3 Å². The van der Waals surface area contributed by atoms with Crippen molar-refractivity contribution in [2.45, 2.75) is 6.92 Å². The van der Waals surface area contributed by atoms with Crippen molar-refractivity contribution < 1.29 is 9.21 Å². The summed E-state index contributed by atoms with van der Waals surface area (Å²) in [6.07, 6.45) is 0. The van der Waals surface area contributed by atoms with Gasteiger partial charge >= 0.3 is 0 Å². The molecule has 0 unspecified atom stereocenters. The van der Waals surface area contributed by atoms with Crippen LogP contribution in [0.5, 0.6) is 0 Å². The molecule has 0 spiro atoms. The molecule has 0 aliphatic carbocycles. The Bertz CT molecular complexity index is 1240. The zero-order chi connectivity index (χ0) is 20.4. The highest BCUT2D eigenvalue weighted by Crippen LogP contribution is 2.30. The van der Waals surface area contributed by atoms with Gasteiger partial charge in [-0.15, -0.1) is 0 Å². The summed E-state index contributed by atoms with van der Waals surface area (Å²) in [4.78, 5) is 16.8. The monoisotopic (exact) mass is 421 g/mol. The normalized spacial score (nSPS) is 10.7. The predicted octanol–water partition coefficient (Wildman–Crippen LogP) is 5.58. The summed E-state index contributed by atoms with van der Waals surface area (Å²) in [5.41, 5.74) is 4.23. The molecule has 29 heavy (non-hydrogen) atoms. The van der Waals surface area contributed by atoms with E-state index in [4.69, 9.17) is 28.2 Å². The van der Waals surface area contributed by atoms with Crippen LogP contribution in [-0.2, 0) is 0 Å². The number of carbonyl (C=O) groups is 1. The number of benzene rings is 3. The Morgan fingerprint density at radius 2 is 1.90 bits per heavy atom. The number of nitrogens with one attached hydrogen (secondary N) is 2. The van der Waals surface area contributed by atoms with Crippen molar-refractivity contribution in [1.29, 1.82) is 0 Å². The molecule has 0 atom stereocenters. The number of hydrogen-bond acceptors (Lipinski definition) is 4. The SMILES string of the molecule is Cc1cccc(C(=O)NC(=S)Nc2ccc3oc(-c4ccccc4Cl)nc3c2)c1. The summed E-state index contributed by atoms with van der Waals surface area (Å²) in [7, 11) is 0. The summed E-state index contributed by atoms with van der Waals surface area (Å²) in [5, 5.41) is 6.45. The number of anilines is 1. The van der Waals surface area contributed by atoms with Crippen LogP contribution in [-0.4, -0.2) is 16.0 Å². The first kappa shape index (κ1) is 19.1. The molecular formula is C22H16ClN3O2S. The van der Waals surface area contributed by atoms with Gasteiger partial charge < -0.3 is 9.73 Å². The lowest BCUT2D eigenvalue weighted by Crippen LogP contribution is -2.34. The van der Waals surface area contributed by atoms with Crippen molar-refractivity contribution in [2.75, 3.05) is 5.32 Å². The Balaban J connectivity index is 1.50. The van der Waals surface area contributed by atoms with Crippen molar-refractivity contribution in [2.24, 2.45) is 0 Å². The minimum absolute atomic E-state index is 0.200. The van der Waals surface area contributed by atoms with Gasteiger partial charge in [-0.1, -0.05) is 41.4 Å². The second-order valence-corrected chi connectivity index (χ2v) is 7.27. The third-order valence-electron chi connectivity index (χ3n) is 4.26. The Morgan fingerprint density at radius 1 is 1.07 bits per heavy atom. The van der Waals surface area contributed by atoms with Gasteiger partial charge in [0.1, 0.15) is 5.52 Å². The van der Waals surface area contributed by atoms with E-state index in [1.54, 1.807) is 36.4 Å². The van der Waals surface area contributed by atoms with E-state index < -0.39 is 0 Å². The molecule has 1 amide bonds. The second-order valence-electron chi connectivity index (χ2n) is 6.46. The number of aryl methyl sites for hydroxylation is 1. The van der Waals surface area contributed by atoms with Crippen molar-refractivity contribution in [3.8, 4) is 11.5 Å². The number of oxazole rings is 1. The Kier molecular flexibility index (Phi) is 5.29. The lowest BCUT2D eigenvalue weighted by atomic mass is 10.1. The van der Waals surface area contributed by atoms with Gasteiger partial charge in [-0.2, -0.15) is 0 Å². The number of halogens is 1. The molecule has 144 valence electrons. The van der Waals surface area contributed by atoms with Crippen molar-refractivity contribution in [3.05, 3.63) is 82.9 Å². The maximum absolute atomic E-state index is 12.3. The van der Waals surface area contributed by atoms with E-state index in [1.165, 1.54) is 0 Å². The van der Waals surface area contributed by atoms with Crippen molar-refractivity contribution in [1.82, 2.24) is 10.3 Å². The number of hydrogen-bond donors (Lipinski definition) is 2. The zero-order valence-electron chi connectivity index (χ0n) is 15.4. The largest absolute Gasteiger partial charge is 0.436 e. The molecular weight excluding hydrogens is 406 g/mol. The molecule has 4 aromatic rings. The molecule has 0 saturated heterocycles. The first-order chi connectivity index (χ1) is 14.0. The van der Waals surface area contributed by atoms with Crippen LogP contribution >= 0.6 is 23.8 Å². The van der Waals surface area contributed by atoms with Crippen LogP contribution in [0.1, 0.15) is 15.9 Å². The maximum atomic E-state index is 12.3. The third kappa shape index (κ3) is 4.29. The molecule has 1 aromatic heterocycles. The van der Waals surface area contributed by atoms with E-state index in [2.05, 4.69) is 15.6 Å². The van der Waals surface area contributed by atoms with E-state index in [9.17, 15) is 4.79 Å². The summed E-state index contributed by atoms with van der Waals surface area (Å²) < 4.78 is 5.80. The average Bonchev–Trinajstić information content (AvgIpc) is 3.11. The number of rotatable bonds is 3. The van der Waals surface area contributed by atoms with Gasteiger partial charge in [-0.3, -0.25) is 10.1 Å². The van der Waals surface area contributed by atoms with E-state index in [0.29, 0.717) is 33.3 Å². The maximum Gasteiger partial charge on any atom is 0.257 e. The third-order valence-corrected chi connectivity index (χ3v) is 4.79. The fraction of sp³-hybridized carbons (Fsp3) is 0.0455. The van der Waals surface area contributed by atoms with Gasteiger partial charge in [0.25, 0.3) is 5.91 Å². The van der Waals surface area contributed by atoms with Crippen LogP contribution in [0.25, 0.3) is 22.6 Å². The second kappa shape index (κ2) is 8.03. The Hall–Kier alpha value is -3.22. The molecule has 7 heteroatoms. The number of nitrogens with zero attached hydrogens (tertiary/aromatic N) is 1. The highest BCUT2D eigenvalue weighted by atomic mass is 35.5. The standard InChI is InChI=1S/C22H16ClN3O2S/c1-13-5-4-6-14(11-13)20(27)26-22(29)24-15-9-10-19-18(12-15)25-21(28-19)16-7-2-3-8-17(16)23/h2-12H,1H3,(H2,24,26,27,29). The van der Waals surface area contributed by atoms with Crippen LogP contribution in [0, 0.1) is 6.92 Å². The van der Waals surface area contributed by atoms with Crippen LogP contribution in [0.15, 0.2) is 71.1 Å². The topological polar surface area (TPSA) is 67.2 Å². The molecule has 5 nitrogen and oxygen atoms in total. The molecule has 4 rings (SSSR count). The number of amides is 1. The average molecular weight is 422 g/mol. The predicted molar refractivity (Wildman–Crippen MR) is 119 cm³/mol. The molecule has 0 fully saturated rings. The molecule has 1 heterocycles. The Morgan fingerprint density at radius 3 is 2.69 bits per heavy atom. The lowest BCUT2D eigenvalue weighted by Gasteiger charge is -2.09. The van der Waals surface area contributed by atoms with Gasteiger partial charge in [0.15, 0.2) is 10.7 Å². The number of fused-ring (bicyclic) bond motifs is 1. The summed E-state index contributed by atoms with van der Waals surface area (Å²) in [6, 6.07) is 20.0. The highest BCUT2D eigenvalue weighted by Gasteiger charge is 2.12. The first-order valence-corrected chi connectivity index (χ1v) is 9.63. The zero-order valence-corrected chi connectivity index (χ0v) is 17.0. The molecule has 3 aromatic carbocycles. The molecule has 0 aliphatic heterocycles. The van der Waals surface area contributed by atoms with E-state index in [1.807, 2.05) is 37.3 Å². The first-order valence-electron chi connectivity index (χ1n) is 8.84. The van der Waals surface area contributed by atoms with Gasteiger partial charge in [0.2, 0.25) is 5.89 Å². The van der Waals surface area contributed by atoms with E-state index >= 15 is 0 Å². The number of thiocarbonyl (C=S) groups is 1. The summed E-state index contributed by atoms with van der Waals surface area (Å²) in [6.45, 7) is 1.93. The fourth-order valence-corrected chi connectivity index (χ4v) is 3.31. The van der Waals surface area contributed by atoms with Gasteiger partial charge in [0.05, 0.1) is 10.6 Å². The Labute approximate surface area is 177 Å². The number of carbonyl (C=O) groups excluding carboxylic acids is 1. The summed E-state index contributed by atoms with van der Waals surface area (Å²) in [5.74, 6) is 0.174. The van der Waals surface area contributed by atoms with Gasteiger partial charge in [-0.25, -0.2) is 4.98 Å². The smallest absolute Gasteiger partial charge is 0.257 e. The molecule has 2 N–H and O–H groups in total. The van der Waals surface area contributed by atoms with Crippen molar-refractivity contribution in [3.63, 3.8) is 0 Å². The van der Waals surface area contributed by atoms with E-state index in [-0.39, 0.29) is 11.0 Å². The van der Waals surface area contributed by atoms with Crippen LogP contribution in [0.4, 0.5) is 5.69 Å². The minimum Gasteiger partial charge on any atom is -0.436 e. The van der Waals surface area contributed by atoms with Crippen LogP contribution in [0.3, 0.4) is 0 Å². The lowest BCUT2D eigenvalue weighted by molar-refractivity contribution is 0.0977. The molecule has 0 saturated carbocycles. The van der Waals surface area contributed by atoms with Crippen molar-refractivity contribution >= 4 is 51.6 Å². The highest BCUT2D eigenvalue weighted by molar-refractivity contribution is 7.80.